The van der Waals surface area contributed by atoms with Gasteiger partial charge in [-0.05, 0) is 0 Å². The van der Waals surface area contributed by atoms with Crippen LogP contribution in [0.2, 0.25) is 0 Å². The summed E-state index contributed by atoms with van der Waals surface area (Å²) in [6.45, 7) is 0.383. The summed E-state index contributed by atoms with van der Waals surface area (Å²) in [5.74, 6) is 0.551. The molecule has 5 heterocycles. The van der Waals surface area contributed by atoms with Crippen LogP contribution in [0, 0.1) is 0 Å². The maximum atomic E-state index is 11.6. The van der Waals surface area contributed by atoms with Crippen LogP contribution in [0.3, 0.4) is 0 Å². The third-order valence-electron chi connectivity index (χ3n) is 7.61. The minimum atomic E-state index is -1.11. The molecule has 0 saturated carbocycles. The van der Waals surface area contributed by atoms with Crippen molar-refractivity contribution in [1.82, 2.24) is 35.0 Å². The summed E-state index contributed by atoms with van der Waals surface area (Å²) in [6, 6.07) is 8.74. The van der Waals surface area contributed by atoms with Crippen LogP contribution in [0.5, 0.6) is 0 Å². The second kappa shape index (κ2) is 11.4. The molecule has 2 aliphatic rings. The number of aromatic nitrogens is 7. The minimum absolute atomic E-state index is 0.233. The van der Waals surface area contributed by atoms with E-state index in [9.17, 15) is 15.3 Å². The Hall–Kier alpha value is -2.72. The Balaban J connectivity index is 1.23. The second-order valence-electron chi connectivity index (χ2n) is 9.74. The Kier molecular flexibility index (Phi) is 7.75. The monoisotopic (exact) mass is 573 g/mol. The predicted molar refractivity (Wildman–Crippen MR) is 147 cm³/mol. The normalized spacial score (nSPS) is 32.3. The van der Waals surface area contributed by atoms with Gasteiger partial charge in [0.2, 0.25) is 0 Å². The molecule has 0 bridgehead atoms. The smallest absolute Gasteiger partial charge is 0.145 e. The summed E-state index contributed by atoms with van der Waals surface area (Å²) in [5.41, 5.74) is 2.26. The lowest BCUT2D eigenvalue weighted by molar-refractivity contribution is -0.0339. The summed E-state index contributed by atoms with van der Waals surface area (Å²) < 4.78 is 15.1. The average Bonchev–Trinajstić information content (AvgIpc) is 3.75. The molecule has 208 valence electrons. The van der Waals surface area contributed by atoms with E-state index >= 15 is 0 Å². The molecule has 12 nitrogen and oxygen atoms in total. The number of rotatable bonds is 7. The Labute approximate surface area is 231 Å². The van der Waals surface area contributed by atoms with E-state index in [1.807, 2.05) is 41.9 Å². The number of hydrogen-bond donors (Lipinski definition) is 4. The van der Waals surface area contributed by atoms with Crippen LogP contribution in [0.25, 0.3) is 22.0 Å². The van der Waals surface area contributed by atoms with Crippen LogP contribution in [-0.2, 0) is 9.47 Å². The van der Waals surface area contributed by atoms with Gasteiger partial charge in [0.05, 0.1) is 50.5 Å². The summed E-state index contributed by atoms with van der Waals surface area (Å²) >= 11 is 1.46. The van der Waals surface area contributed by atoms with Gasteiger partial charge < -0.3 is 24.8 Å². The molecule has 3 N–H and O–H groups in total. The molecular formula is C25H31N7O5S2. The van der Waals surface area contributed by atoms with E-state index in [0.29, 0.717) is 30.4 Å². The van der Waals surface area contributed by atoms with Crippen molar-refractivity contribution in [2.24, 2.45) is 0 Å². The number of thiol groups is 1. The number of nitrogens with zero attached hydrogens (tertiary/aromatic N) is 7. The predicted octanol–water partition coefficient (Wildman–Crippen LogP) is 0.954. The molecule has 2 aliphatic heterocycles. The number of aliphatic hydroxyl groups excluding tert-OH is 3. The Bertz CT molecular complexity index is 1350. The molecule has 4 aromatic rings. The van der Waals surface area contributed by atoms with E-state index in [0.717, 1.165) is 10.6 Å². The van der Waals surface area contributed by atoms with E-state index in [1.165, 1.54) is 11.3 Å². The van der Waals surface area contributed by atoms with E-state index < -0.39 is 46.5 Å². The van der Waals surface area contributed by atoms with Crippen molar-refractivity contribution in [1.29, 1.82) is 0 Å². The van der Waals surface area contributed by atoms with Crippen molar-refractivity contribution in [3.63, 3.8) is 0 Å². The highest BCUT2D eigenvalue weighted by Crippen LogP contribution is 2.51. The summed E-state index contributed by atoms with van der Waals surface area (Å²) in [4.78, 5) is 4.29. The van der Waals surface area contributed by atoms with Gasteiger partial charge in [0.1, 0.15) is 28.5 Å². The molecule has 1 aromatic carbocycles. The Morgan fingerprint density at radius 3 is 2.56 bits per heavy atom. The van der Waals surface area contributed by atoms with Gasteiger partial charge in [0, 0.05) is 40.5 Å². The molecule has 3 aromatic heterocycles. The van der Waals surface area contributed by atoms with Crippen molar-refractivity contribution < 1.29 is 24.8 Å². The van der Waals surface area contributed by atoms with E-state index in [-0.39, 0.29) is 11.9 Å². The van der Waals surface area contributed by atoms with Gasteiger partial charge in [-0.1, -0.05) is 40.8 Å². The Morgan fingerprint density at radius 2 is 1.82 bits per heavy atom. The zero-order chi connectivity index (χ0) is 26.9. The molecule has 39 heavy (non-hydrogen) atoms. The quantitative estimate of drug-likeness (QED) is 0.235. The summed E-state index contributed by atoms with van der Waals surface area (Å²) in [6.07, 6.45) is 3.12. The maximum Gasteiger partial charge on any atom is 0.145 e. The van der Waals surface area contributed by atoms with Gasteiger partial charge in [-0.15, -0.1) is 21.5 Å². The third kappa shape index (κ3) is 5.01. The molecule has 14 heteroatoms. The Morgan fingerprint density at radius 1 is 1.05 bits per heavy atom. The zero-order valence-corrected chi connectivity index (χ0v) is 22.9. The van der Waals surface area contributed by atoms with Crippen LogP contribution >= 0.6 is 22.2 Å². The topological polar surface area (TPSA) is 153 Å². The SMILES string of the molecule is CO[C@H]1C[SH]([C@@H]2COC[C@H](n3cc(-c4ccccc4)nn3)[C@H]2O)[C@H](CO)[C@H](O)[C@@H]1n1cc(-c2nccs2)nn1. The first-order valence-corrected chi connectivity index (χ1v) is 15.3. The molecule has 6 rings (SSSR count). The van der Waals surface area contributed by atoms with Crippen LogP contribution in [0.1, 0.15) is 12.1 Å². The number of methoxy groups -OCH3 is 1. The molecule has 2 fully saturated rings. The van der Waals surface area contributed by atoms with E-state index in [2.05, 4.69) is 25.6 Å². The third-order valence-corrected chi connectivity index (χ3v) is 11.8. The first kappa shape index (κ1) is 26.5. The lowest BCUT2D eigenvalue weighted by Gasteiger charge is -2.51. The van der Waals surface area contributed by atoms with Crippen molar-refractivity contribution in [2.45, 2.75) is 40.9 Å². The zero-order valence-electron chi connectivity index (χ0n) is 21.2. The van der Waals surface area contributed by atoms with Crippen LogP contribution in [0.15, 0.2) is 54.3 Å². The molecule has 1 unspecified atom stereocenters. The molecule has 8 atom stereocenters. The highest BCUT2D eigenvalue weighted by molar-refractivity contribution is 8.18. The lowest BCUT2D eigenvalue weighted by atomic mass is 10.0. The molecule has 2 saturated heterocycles. The second-order valence-corrected chi connectivity index (χ2v) is 13.4. The molecule has 0 radical (unpaired) electrons. The fraction of sp³-hybridized carbons (Fsp3) is 0.480. The molecule has 0 aliphatic carbocycles. The van der Waals surface area contributed by atoms with E-state index in [4.69, 9.17) is 9.47 Å². The molecule has 0 amide bonds. The van der Waals surface area contributed by atoms with Gasteiger partial charge in [0.15, 0.2) is 0 Å². The number of ether oxygens (including phenoxy) is 2. The number of thiazole rings is 1. The fourth-order valence-electron chi connectivity index (χ4n) is 5.57. The summed E-state index contributed by atoms with van der Waals surface area (Å²) in [5, 5.41) is 52.5. The van der Waals surface area contributed by atoms with E-state index in [1.54, 1.807) is 28.9 Å². The molecule has 0 spiro atoms. The molecular weight excluding hydrogens is 542 g/mol. The number of aliphatic hydroxyl groups is 3. The van der Waals surface area contributed by atoms with Gasteiger partial charge >= 0.3 is 0 Å². The van der Waals surface area contributed by atoms with Gasteiger partial charge in [-0.3, -0.25) is 0 Å². The van der Waals surface area contributed by atoms with Crippen molar-refractivity contribution >= 4 is 22.2 Å². The van der Waals surface area contributed by atoms with Gasteiger partial charge in [-0.25, -0.2) is 25.2 Å². The highest BCUT2D eigenvalue weighted by Gasteiger charge is 2.49. The minimum Gasteiger partial charge on any atom is -0.395 e. The van der Waals surface area contributed by atoms with Crippen molar-refractivity contribution in [3.05, 3.63) is 54.3 Å². The number of hydrogen-bond acceptors (Lipinski definition) is 11. The largest absolute Gasteiger partial charge is 0.395 e. The summed E-state index contributed by atoms with van der Waals surface area (Å²) in [7, 11) is 0.493. The van der Waals surface area contributed by atoms with Crippen LogP contribution in [-0.4, -0.2) is 112 Å². The highest BCUT2D eigenvalue weighted by atomic mass is 32.2. The average molecular weight is 574 g/mol. The first-order chi connectivity index (χ1) is 19.1. The van der Waals surface area contributed by atoms with Crippen molar-refractivity contribution in [2.75, 3.05) is 32.7 Å². The van der Waals surface area contributed by atoms with Gasteiger partial charge in [-0.2, -0.15) is 0 Å². The fourth-order valence-corrected chi connectivity index (χ4v) is 9.64. The number of benzene rings is 1. The lowest BCUT2D eigenvalue weighted by Crippen LogP contribution is -2.55. The van der Waals surface area contributed by atoms with Gasteiger partial charge in [0.25, 0.3) is 0 Å². The first-order valence-electron chi connectivity index (χ1n) is 12.7. The standard InChI is InChI=1S/C25H31N7O5S2/c1-36-19-14-39(20(11-33)24(35)22(19)32-10-17(28-30-32)25-26-7-8-38-25)21-13-37-12-18(23(21)34)31-9-16(27-29-31)15-5-3-2-4-6-15/h2-10,18-24,33-35,39H,11-14H2,1H3/t18-,19-,20+,21+,22+,23+,24-/m0/s1. The van der Waals surface area contributed by atoms with Crippen molar-refractivity contribution in [3.8, 4) is 22.0 Å². The van der Waals surface area contributed by atoms with Crippen LogP contribution in [0.4, 0.5) is 0 Å². The van der Waals surface area contributed by atoms with Crippen LogP contribution < -0.4 is 0 Å². The maximum absolute atomic E-state index is 11.6.